The zero-order valence-corrected chi connectivity index (χ0v) is 10.2. The van der Waals surface area contributed by atoms with Crippen molar-refractivity contribution in [3.63, 3.8) is 0 Å². The van der Waals surface area contributed by atoms with Gasteiger partial charge in [0.05, 0.1) is 30.8 Å². The van der Waals surface area contributed by atoms with Crippen LogP contribution in [-0.2, 0) is 0 Å². The molecule has 1 aromatic carbocycles. The van der Waals surface area contributed by atoms with Crippen LogP contribution in [0.5, 0.6) is 5.75 Å². The highest BCUT2D eigenvalue weighted by atomic mass is 16.6. The first-order valence-corrected chi connectivity index (χ1v) is 5.28. The van der Waals surface area contributed by atoms with Crippen molar-refractivity contribution in [2.75, 3.05) is 25.6 Å². The summed E-state index contributed by atoms with van der Waals surface area (Å²) in [7, 11) is 1.34. The van der Waals surface area contributed by atoms with Crippen LogP contribution in [0.25, 0.3) is 0 Å². The number of rotatable bonds is 6. The SMILES string of the molecule is COc1cccc(NC(C)(CO)CO)c1[N+](=O)[O-]. The highest BCUT2D eigenvalue weighted by Gasteiger charge is 2.28. The molecule has 7 heteroatoms. The summed E-state index contributed by atoms with van der Waals surface area (Å²) in [4.78, 5) is 10.5. The predicted molar refractivity (Wildman–Crippen MR) is 65.8 cm³/mol. The molecule has 0 saturated heterocycles. The zero-order valence-electron chi connectivity index (χ0n) is 10.2. The Morgan fingerprint density at radius 3 is 2.50 bits per heavy atom. The quantitative estimate of drug-likeness (QED) is 0.512. The molecule has 0 bridgehead atoms. The Kier molecular flexibility index (Phi) is 4.46. The van der Waals surface area contributed by atoms with Gasteiger partial charge in [0.1, 0.15) is 5.69 Å². The molecule has 0 spiro atoms. The standard InChI is InChI=1S/C11H16N2O5/c1-11(6-14,7-15)12-8-4-3-5-9(18-2)10(8)13(16)17/h3-5,12,14-15H,6-7H2,1-2H3. The van der Waals surface area contributed by atoms with E-state index in [1.165, 1.54) is 19.2 Å². The number of ether oxygens (including phenoxy) is 1. The number of methoxy groups -OCH3 is 1. The Morgan fingerprint density at radius 1 is 1.44 bits per heavy atom. The van der Waals surface area contributed by atoms with Crippen LogP contribution in [0.1, 0.15) is 6.92 Å². The number of hydrogen-bond acceptors (Lipinski definition) is 6. The molecular formula is C11H16N2O5. The van der Waals surface area contributed by atoms with Crippen molar-refractivity contribution in [1.82, 2.24) is 0 Å². The predicted octanol–water partition coefficient (Wildman–Crippen LogP) is 0.759. The summed E-state index contributed by atoms with van der Waals surface area (Å²) in [6.45, 7) is 0.825. The number of nitro groups is 1. The summed E-state index contributed by atoms with van der Waals surface area (Å²) in [6.07, 6.45) is 0. The van der Waals surface area contributed by atoms with E-state index in [-0.39, 0.29) is 30.3 Å². The van der Waals surface area contributed by atoms with Gasteiger partial charge >= 0.3 is 5.69 Å². The van der Waals surface area contributed by atoms with Gasteiger partial charge < -0.3 is 20.3 Å². The van der Waals surface area contributed by atoms with Gasteiger partial charge in [0.2, 0.25) is 0 Å². The van der Waals surface area contributed by atoms with Crippen LogP contribution >= 0.6 is 0 Å². The van der Waals surface area contributed by atoms with Crippen LogP contribution in [0, 0.1) is 10.1 Å². The van der Waals surface area contributed by atoms with Crippen LogP contribution in [0.2, 0.25) is 0 Å². The first-order chi connectivity index (χ1) is 8.47. The largest absolute Gasteiger partial charge is 0.490 e. The molecule has 0 radical (unpaired) electrons. The molecule has 100 valence electrons. The summed E-state index contributed by atoms with van der Waals surface area (Å²) in [5, 5.41) is 32.1. The van der Waals surface area contributed by atoms with Crippen LogP contribution < -0.4 is 10.1 Å². The average Bonchev–Trinajstić information content (AvgIpc) is 2.37. The number of anilines is 1. The van der Waals surface area contributed by atoms with Gasteiger partial charge in [0, 0.05) is 0 Å². The minimum absolute atomic E-state index is 0.114. The molecule has 0 amide bonds. The fourth-order valence-corrected chi connectivity index (χ4v) is 1.43. The average molecular weight is 256 g/mol. The van der Waals surface area contributed by atoms with Gasteiger partial charge in [-0.3, -0.25) is 10.1 Å². The van der Waals surface area contributed by atoms with E-state index in [2.05, 4.69) is 5.32 Å². The van der Waals surface area contributed by atoms with Gasteiger partial charge in [-0.05, 0) is 19.1 Å². The van der Waals surface area contributed by atoms with Crippen LogP contribution in [0.3, 0.4) is 0 Å². The molecule has 0 aromatic heterocycles. The summed E-state index contributed by atoms with van der Waals surface area (Å²) >= 11 is 0. The molecule has 0 aliphatic rings. The van der Waals surface area contributed by atoms with Crippen molar-refractivity contribution in [2.45, 2.75) is 12.5 Å². The number of hydrogen-bond donors (Lipinski definition) is 3. The normalized spacial score (nSPS) is 11.1. The molecule has 3 N–H and O–H groups in total. The second-order valence-electron chi connectivity index (χ2n) is 4.12. The van der Waals surface area contributed by atoms with E-state index in [1.54, 1.807) is 13.0 Å². The molecule has 0 atom stereocenters. The number of aliphatic hydroxyl groups excluding tert-OH is 2. The lowest BCUT2D eigenvalue weighted by molar-refractivity contribution is -0.384. The lowest BCUT2D eigenvalue weighted by atomic mass is 10.0. The van der Waals surface area contributed by atoms with Gasteiger partial charge in [-0.25, -0.2) is 0 Å². The molecule has 1 aromatic rings. The van der Waals surface area contributed by atoms with Crippen LogP contribution in [-0.4, -0.2) is 41.0 Å². The van der Waals surface area contributed by atoms with E-state index >= 15 is 0 Å². The van der Waals surface area contributed by atoms with Crippen molar-refractivity contribution in [1.29, 1.82) is 0 Å². The highest BCUT2D eigenvalue weighted by Crippen LogP contribution is 2.35. The molecule has 1 rings (SSSR count). The third-order valence-electron chi connectivity index (χ3n) is 2.54. The summed E-state index contributed by atoms with van der Waals surface area (Å²) < 4.78 is 4.92. The first kappa shape index (κ1) is 14.2. The number of nitro benzene ring substituents is 1. The van der Waals surface area contributed by atoms with Crippen LogP contribution in [0.15, 0.2) is 18.2 Å². The van der Waals surface area contributed by atoms with Crippen molar-refractivity contribution >= 4 is 11.4 Å². The highest BCUT2D eigenvalue weighted by molar-refractivity contribution is 5.69. The van der Waals surface area contributed by atoms with E-state index in [9.17, 15) is 20.3 Å². The minimum Gasteiger partial charge on any atom is -0.490 e. The summed E-state index contributed by atoms with van der Waals surface area (Å²) in [5.41, 5.74) is -1.09. The minimum atomic E-state index is -1.04. The van der Waals surface area contributed by atoms with E-state index in [1.807, 2.05) is 0 Å². The molecule has 0 aliphatic carbocycles. The number of para-hydroxylation sites is 1. The Labute approximate surface area is 104 Å². The Bertz CT molecular complexity index is 431. The van der Waals surface area contributed by atoms with E-state index < -0.39 is 10.5 Å². The fourth-order valence-electron chi connectivity index (χ4n) is 1.43. The second kappa shape index (κ2) is 5.65. The lowest BCUT2D eigenvalue weighted by Gasteiger charge is -2.27. The molecule has 7 nitrogen and oxygen atoms in total. The maximum atomic E-state index is 11.0. The van der Waals surface area contributed by atoms with Gasteiger partial charge in [0.25, 0.3) is 0 Å². The van der Waals surface area contributed by atoms with Crippen molar-refractivity contribution in [2.24, 2.45) is 0 Å². The Morgan fingerprint density at radius 2 is 2.06 bits per heavy atom. The summed E-state index contributed by atoms with van der Waals surface area (Å²) in [5.74, 6) is 0.114. The van der Waals surface area contributed by atoms with Gasteiger partial charge in [-0.15, -0.1) is 0 Å². The molecular weight excluding hydrogens is 240 g/mol. The van der Waals surface area contributed by atoms with E-state index in [0.717, 1.165) is 0 Å². The van der Waals surface area contributed by atoms with Crippen molar-refractivity contribution in [3.8, 4) is 5.75 Å². The summed E-state index contributed by atoms with van der Waals surface area (Å²) in [6, 6.07) is 4.55. The van der Waals surface area contributed by atoms with Gasteiger partial charge in [0.15, 0.2) is 5.75 Å². The van der Waals surface area contributed by atoms with Gasteiger partial charge in [-0.1, -0.05) is 6.07 Å². The third kappa shape index (κ3) is 2.88. The number of benzene rings is 1. The number of nitrogens with one attached hydrogen (secondary N) is 1. The molecule has 0 fully saturated rings. The lowest BCUT2D eigenvalue weighted by Crippen LogP contribution is -2.42. The maximum Gasteiger partial charge on any atom is 0.333 e. The monoisotopic (exact) mass is 256 g/mol. The number of aliphatic hydroxyl groups is 2. The fraction of sp³-hybridized carbons (Fsp3) is 0.455. The molecule has 0 saturated carbocycles. The molecule has 0 unspecified atom stereocenters. The van der Waals surface area contributed by atoms with Crippen molar-refractivity contribution < 1.29 is 19.9 Å². The topological polar surface area (TPSA) is 105 Å². The van der Waals surface area contributed by atoms with Gasteiger partial charge in [-0.2, -0.15) is 0 Å². The molecule has 0 aliphatic heterocycles. The number of nitrogens with zero attached hydrogens (tertiary/aromatic N) is 1. The zero-order chi connectivity index (χ0) is 13.8. The van der Waals surface area contributed by atoms with E-state index in [0.29, 0.717) is 0 Å². The Balaban J connectivity index is 3.20. The maximum absolute atomic E-state index is 11.0. The molecule has 0 heterocycles. The van der Waals surface area contributed by atoms with Crippen LogP contribution in [0.4, 0.5) is 11.4 Å². The Hall–Kier alpha value is -1.86. The van der Waals surface area contributed by atoms with E-state index in [4.69, 9.17) is 4.74 Å². The smallest absolute Gasteiger partial charge is 0.333 e. The first-order valence-electron chi connectivity index (χ1n) is 5.28. The second-order valence-corrected chi connectivity index (χ2v) is 4.12. The third-order valence-corrected chi connectivity index (χ3v) is 2.54. The van der Waals surface area contributed by atoms with Crippen molar-refractivity contribution in [3.05, 3.63) is 28.3 Å². The molecule has 18 heavy (non-hydrogen) atoms.